The monoisotopic (exact) mass is 199 g/mol. The summed E-state index contributed by atoms with van der Waals surface area (Å²) in [6, 6.07) is 0. The van der Waals surface area contributed by atoms with E-state index in [1.54, 1.807) is 0 Å². The first-order valence-corrected chi connectivity index (χ1v) is 5.81. The second-order valence-electron chi connectivity index (χ2n) is 3.79. The molecule has 0 spiro atoms. The minimum Gasteiger partial charge on any atom is -0.370 e. The van der Waals surface area contributed by atoms with E-state index in [2.05, 4.69) is 13.8 Å². The van der Waals surface area contributed by atoms with Gasteiger partial charge in [0.25, 0.3) is 0 Å². The summed E-state index contributed by atoms with van der Waals surface area (Å²) < 4.78 is 0. The highest BCUT2D eigenvalue weighted by atomic mass is 15.2. The lowest BCUT2D eigenvalue weighted by atomic mass is 10.2. The first-order chi connectivity index (χ1) is 6.72. The van der Waals surface area contributed by atoms with Crippen LogP contribution >= 0.6 is 0 Å². The standard InChI is InChI=1S/C11H25N3/c1-3-5-7-8-10-14(11(12)13)9-6-4-2/h3-10H2,1-2H3,(H3,12,13). The SMILES string of the molecule is CCCCCCN(CCCC)C(=N)N. The molecule has 0 unspecified atom stereocenters. The van der Waals surface area contributed by atoms with Crippen molar-refractivity contribution < 1.29 is 0 Å². The van der Waals surface area contributed by atoms with Gasteiger partial charge in [-0.25, -0.2) is 0 Å². The van der Waals surface area contributed by atoms with Crippen LogP contribution in [0.1, 0.15) is 52.4 Å². The first-order valence-electron chi connectivity index (χ1n) is 5.81. The molecule has 0 aromatic rings. The average molecular weight is 199 g/mol. The lowest BCUT2D eigenvalue weighted by Gasteiger charge is -2.22. The molecule has 0 radical (unpaired) electrons. The highest BCUT2D eigenvalue weighted by molar-refractivity contribution is 5.74. The van der Waals surface area contributed by atoms with Gasteiger partial charge in [-0.3, -0.25) is 5.41 Å². The van der Waals surface area contributed by atoms with Gasteiger partial charge in [0.05, 0.1) is 0 Å². The molecule has 0 fully saturated rings. The summed E-state index contributed by atoms with van der Waals surface area (Å²) in [5, 5.41) is 7.41. The van der Waals surface area contributed by atoms with E-state index in [4.69, 9.17) is 11.1 Å². The Morgan fingerprint density at radius 3 is 2.07 bits per heavy atom. The highest BCUT2D eigenvalue weighted by Gasteiger charge is 2.04. The van der Waals surface area contributed by atoms with Crippen molar-refractivity contribution in [1.29, 1.82) is 5.41 Å². The molecule has 0 aromatic carbocycles. The van der Waals surface area contributed by atoms with Crippen LogP contribution in [0.2, 0.25) is 0 Å². The Balaban J connectivity index is 3.57. The minimum absolute atomic E-state index is 0.231. The largest absolute Gasteiger partial charge is 0.370 e. The van der Waals surface area contributed by atoms with Crippen molar-refractivity contribution in [2.75, 3.05) is 13.1 Å². The van der Waals surface area contributed by atoms with Crippen molar-refractivity contribution in [3.05, 3.63) is 0 Å². The summed E-state index contributed by atoms with van der Waals surface area (Å²) in [5.41, 5.74) is 5.50. The summed E-state index contributed by atoms with van der Waals surface area (Å²) in [5.74, 6) is 0.231. The molecule has 0 saturated carbocycles. The number of rotatable bonds is 8. The van der Waals surface area contributed by atoms with Crippen LogP contribution in [0.5, 0.6) is 0 Å². The number of guanidine groups is 1. The smallest absolute Gasteiger partial charge is 0.188 e. The van der Waals surface area contributed by atoms with E-state index >= 15 is 0 Å². The van der Waals surface area contributed by atoms with Crippen LogP contribution in [-0.2, 0) is 0 Å². The van der Waals surface area contributed by atoms with Gasteiger partial charge in [-0.05, 0) is 12.8 Å². The molecule has 0 aliphatic carbocycles. The molecule has 3 N–H and O–H groups in total. The number of hydrogen-bond acceptors (Lipinski definition) is 1. The lowest BCUT2D eigenvalue weighted by molar-refractivity contribution is 0.386. The maximum Gasteiger partial charge on any atom is 0.188 e. The molecule has 0 atom stereocenters. The molecule has 0 bridgehead atoms. The van der Waals surface area contributed by atoms with Gasteiger partial charge in [0.1, 0.15) is 0 Å². The predicted molar refractivity (Wildman–Crippen MR) is 62.5 cm³/mol. The molecule has 0 amide bonds. The molecule has 3 heteroatoms. The van der Waals surface area contributed by atoms with Crippen LogP contribution in [0.4, 0.5) is 0 Å². The Morgan fingerprint density at radius 1 is 1.00 bits per heavy atom. The molecule has 0 heterocycles. The van der Waals surface area contributed by atoms with Crippen LogP contribution in [0, 0.1) is 5.41 Å². The van der Waals surface area contributed by atoms with E-state index in [-0.39, 0.29) is 5.96 Å². The summed E-state index contributed by atoms with van der Waals surface area (Å²) in [6.07, 6.45) is 7.27. The van der Waals surface area contributed by atoms with E-state index in [0.29, 0.717) is 0 Å². The van der Waals surface area contributed by atoms with Crippen molar-refractivity contribution in [1.82, 2.24) is 4.90 Å². The van der Waals surface area contributed by atoms with Crippen molar-refractivity contribution in [2.45, 2.75) is 52.4 Å². The van der Waals surface area contributed by atoms with Gasteiger partial charge in [0.15, 0.2) is 5.96 Å². The van der Waals surface area contributed by atoms with Crippen LogP contribution in [0.15, 0.2) is 0 Å². The number of nitrogens with zero attached hydrogens (tertiary/aromatic N) is 1. The third-order valence-electron chi connectivity index (χ3n) is 2.40. The molecule has 3 nitrogen and oxygen atoms in total. The number of nitrogens with two attached hydrogens (primary N) is 1. The molecule has 0 aromatic heterocycles. The predicted octanol–water partition coefficient (Wildman–Crippen LogP) is 2.56. The topological polar surface area (TPSA) is 53.1 Å². The quantitative estimate of drug-likeness (QED) is 0.358. The van der Waals surface area contributed by atoms with Gasteiger partial charge >= 0.3 is 0 Å². The van der Waals surface area contributed by atoms with Gasteiger partial charge in [-0.1, -0.05) is 39.5 Å². The Hall–Kier alpha value is -0.730. The zero-order valence-corrected chi connectivity index (χ0v) is 9.68. The second kappa shape index (κ2) is 8.85. The van der Waals surface area contributed by atoms with E-state index < -0.39 is 0 Å². The van der Waals surface area contributed by atoms with Gasteiger partial charge in [0.2, 0.25) is 0 Å². The molecule has 0 saturated heterocycles. The minimum atomic E-state index is 0.231. The number of unbranched alkanes of at least 4 members (excludes halogenated alkanes) is 4. The van der Waals surface area contributed by atoms with Crippen LogP contribution in [0.25, 0.3) is 0 Å². The van der Waals surface area contributed by atoms with Crippen LogP contribution in [0.3, 0.4) is 0 Å². The van der Waals surface area contributed by atoms with E-state index in [1.807, 2.05) is 4.90 Å². The van der Waals surface area contributed by atoms with Crippen molar-refractivity contribution in [3.8, 4) is 0 Å². The Bertz CT molecular complexity index is 145. The molecule has 14 heavy (non-hydrogen) atoms. The third kappa shape index (κ3) is 6.75. The summed E-state index contributed by atoms with van der Waals surface area (Å²) in [6.45, 7) is 6.27. The van der Waals surface area contributed by atoms with Gasteiger partial charge in [0, 0.05) is 13.1 Å². The summed E-state index contributed by atoms with van der Waals surface area (Å²) >= 11 is 0. The fraction of sp³-hybridized carbons (Fsp3) is 0.909. The lowest BCUT2D eigenvalue weighted by Crippen LogP contribution is -2.37. The van der Waals surface area contributed by atoms with E-state index in [9.17, 15) is 0 Å². The highest BCUT2D eigenvalue weighted by Crippen LogP contribution is 2.02. The zero-order valence-electron chi connectivity index (χ0n) is 9.68. The molecular formula is C11H25N3. The molecule has 0 aliphatic heterocycles. The molecule has 84 valence electrons. The normalized spacial score (nSPS) is 10.1. The molecule has 0 rings (SSSR count). The van der Waals surface area contributed by atoms with Crippen molar-refractivity contribution >= 4 is 5.96 Å². The van der Waals surface area contributed by atoms with Gasteiger partial charge in [-0.15, -0.1) is 0 Å². The van der Waals surface area contributed by atoms with Gasteiger partial charge < -0.3 is 10.6 Å². The Kier molecular flexibility index (Phi) is 8.39. The fourth-order valence-electron chi connectivity index (χ4n) is 1.43. The van der Waals surface area contributed by atoms with Crippen LogP contribution in [-0.4, -0.2) is 23.9 Å². The second-order valence-corrected chi connectivity index (χ2v) is 3.79. The van der Waals surface area contributed by atoms with Crippen molar-refractivity contribution in [2.24, 2.45) is 5.73 Å². The summed E-state index contributed by atoms with van der Waals surface area (Å²) in [4.78, 5) is 1.99. The number of nitrogens with one attached hydrogen (secondary N) is 1. The third-order valence-corrected chi connectivity index (χ3v) is 2.40. The van der Waals surface area contributed by atoms with Crippen molar-refractivity contribution in [3.63, 3.8) is 0 Å². The molecule has 0 aliphatic rings. The van der Waals surface area contributed by atoms with Gasteiger partial charge in [-0.2, -0.15) is 0 Å². The Morgan fingerprint density at radius 2 is 1.57 bits per heavy atom. The average Bonchev–Trinajstić information content (AvgIpc) is 2.16. The van der Waals surface area contributed by atoms with Crippen LogP contribution < -0.4 is 5.73 Å². The zero-order chi connectivity index (χ0) is 10.8. The maximum atomic E-state index is 7.41. The Labute approximate surface area is 88.2 Å². The van der Waals surface area contributed by atoms with E-state index in [1.165, 1.54) is 25.7 Å². The van der Waals surface area contributed by atoms with E-state index in [0.717, 1.165) is 25.9 Å². The summed E-state index contributed by atoms with van der Waals surface area (Å²) in [7, 11) is 0. The maximum absolute atomic E-state index is 7.41. The number of hydrogen-bond donors (Lipinski definition) is 2. The first kappa shape index (κ1) is 13.3. The fourth-order valence-corrected chi connectivity index (χ4v) is 1.43. The molecular weight excluding hydrogens is 174 g/mol.